The highest BCUT2D eigenvalue weighted by molar-refractivity contribution is 7.90. The molecule has 0 aromatic heterocycles. The van der Waals surface area contributed by atoms with Crippen LogP contribution in [0, 0.1) is 17.8 Å². The molecule has 6 rings (SSSR count). The van der Waals surface area contributed by atoms with E-state index in [9.17, 15) is 18.0 Å². The van der Waals surface area contributed by atoms with Gasteiger partial charge in [-0.25, -0.2) is 13.1 Å². The molecular weight excluding hydrogens is 650 g/mol. The van der Waals surface area contributed by atoms with Gasteiger partial charge in [0, 0.05) is 50.3 Å². The first-order valence-corrected chi connectivity index (χ1v) is 19.0. The third kappa shape index (κ3) is 6.48. The Morgan fingerprint density at radius 2 is 1.96 bits per heavy atom. The van der Waals surface area contributed by atoms with Gasteiger partial charge in [-0.1, -0.05) is 36.7 Å². The van der Waals surface area contributed by atoms with Crippen LogP contribution in [0.4, 0.5) is 5.69 Å². The summed E-state index contributed by atoms with van der Waals surface area (Å²) in [5, 5.41) is -0.118. The fourth-order valence-electron chi connectivity index (χ4n) is 8.23. The fourth-order valence-corrected chi connectivity index (χ4v) is 9.71. The van der Waals surface area contributed by atoms with Crippen molar-refractivity contribution in [3.05, 3.63) is 70.3 Å². The Hall–Kier alpha value is -3.08. The van der Waals surface area contributed by atoms with Gasteiger partial charge >= 0.3 is 0 Å². The van der Waals surface area contributed by atoms with Gasteiger partial charge in [0.2, 0.25) is 15.9 Å². The van der Waals surface area contributed by atoms with Crippen molar-refractivity contribution in [3.8, 4) is 5.75 Å². The molecule has 260 valence electrons. The maximum absolute atomic E-state index is 13.5. The van der Waals surface area contributed by atoms with E-state index < -0.39 is 26.8 Å². The molecule has 6 atom stereocenters. The molecule has 2 amide bonds. The summed E-state index contributed by atoms with van der Waals surface area (Å²) in [6.07, 6.45) is 9.36. The molecule has 1 saturated carbocycles. The van der Waals surface area contributed by atoms with Crippen molar-refractivity contribution < 1.29 is 27.5 Å². The third-order valence-corrected chi connectivity index (χ3v) is 13.7. The molecule has 2 aliphatic heterocycles. The molecule has 0 unspecified atom stereocenters. The minimum atomic E-state index is -3.99. The van der Waals surface area contributed by atoms with Crippen LogP contribution in [-0.2, 0) is 31.4 Å². The van der Waals surface area contributed by atoms with E-state index in [1.54, 1.807) is 51.2 Å². The van der Waals surface area contributed by atoms with Gasteiger partial charge in [-0.2, -0.15) is 0 Å². The SMILES string of the molecule is CO[C@@]1(CC(=O)N(C)C)/C=C\C[C@H](C)[C@@H](C)S(=O)(=O)NC(=O)c2ccc3c(c2)N(C[C@@H]2CC[C@H]21)C[C@@]1(CCCc2cc(Cl)ccc21)CO3. The van der Waals surface area contributed by atoms with E-state index in [-0.39, 0.29) is 41.1 Å². The lowest BCUT2D eigenvalue weighted by molar-refractivity contribution is -0.140. The van der Waals surface area contributed by atoms with E-state index in [1.807, 2.05) is 25.1 Å². The summed E-state index contributed by atoms with van der Waals surface area (Å²) in [6, 6.07) is 11.4. The highest BCUT2D eigenvalue weighted by Crippen LogP contribution is 2.50. The first-order chi connectivity index (χ1) is 22.8. The number of anilines is 1. The fraction of sp³-hybridized carbons (Fsp3) is 0.568. The molecule has 2 aromatic rings. The van der Waals surface area contributed by atoms with Gasteiger partial charge in [0.15, 0.2) is 0 Å². The van der Waals surface area contributed by atoms with Crippen molar-refractivity contribution in [2.75, 3.05) is 45.8 Å². The maximum atomic E-state index is 13.5. The highest BCUT2D eigenvalue weighted by Gasteiger charge is 2.50. The molecule has 11 heteroatoms. The van der Waals surface area contributed by atoms with Crippen LogP contribution in [0.3, 0.4) is 0 Å². The minimum absolute atomic E-state index is 0.0251. The van der Waals surface area contributed by atoms with Crippen LogP contribution in [0.2, 0.25) is 5.02 Å². The smallest absolute Gasteiger partial charge is 0.264 e. The van der Waals surface area contributed by atoms with Gasteiger partial charge in [-0.3, -0.25) is 9.59 Å². The van der Waals surface area contributed by atoms with Crippen LogP contribution in [0.5, 0.6) is 5.75 Å². The number of rotatable bonds is 3. The Bertz CT molecular complexity index is 1710. The summed E-state index contributed by atoms with van der Waals surface area (Å²) in [6.45, 7) is 5.27. The van der Waals surface area contributed by atoms with Crippen LogP contribution in [0.25, 0.3) is 0 Å². The quantitative estimate of drug-likeness (QED) is 0.408. The number of nitrogens with one attached hydrogen (secondary N) is 1. The van der Waals surface area contributed by atoms with Crippen molar-refractivity contribution in [1.29, 1.82) is 0 Å². The van der Waals surface area contributed by atoms with E-state index in [4.69, 9.17) is 21.1 Å². The highest BCUT2D eigenvalue weighted by atomic mass is 35.5. The number of carbonyl (C=O) groups excluding carboxylic acids is 2. The monoisotopic (exact) mass is 697 g/mol. The second-order valence-corrected chi connectivity index (χ2v) is 17.1. The molecular formula is C37H48ClN3O6S. The van der Waals surface area contributed by atoms with E-state index >= 15 is 0 Å². The predicted octanol–water partition coefficient (Wildman–Crippen LogP) is 5.75. The predicted molar refractivity (Wildman–Crippen MR) is 188 cm³/mol. The van der Waals surface area contributed by atoms with Gasteiger partial charge < -0.3 is 19.3 Å². The first-order valence-electron chi connectivity index (χ1n) is 17.1. The number of halogens is 1. The van der Waals surface area contributed by atoms with E-state index in [2.05, 4.69) is 21.8 Å². The van der Waals surface area contributed by atoms with Crippen LogP contribution < -0.4 is 14.4 Å². The second-order valence-electron chi connectivity index (χ2n) is 14.7. The van der Waals surface area contributed by atoms with Crippen molar-refractivity contribution in [3.63, 3.8) is 0 Å². The summed E-state index contributed by atoms with van der Waals surface area (Å²) in [4.78, 5) is 30.7. The summed E-state index contributed by atoms with van der Waals surface area (Å²) in [5.41, 5.74) is 2.33. The molecule has 2 heterocycles. The van der Waals surface area contributed by atoms with Crippen molar-refractivity contribution >= 4 is 39.1 Å². The number of amides is 2. The number of benzene rings is 2. The van der Waals surface area contributed by atoms with Crippen molar-refractivity contribution in [2.45, 2.75) is 75.1 Å². The zero-order valence-electron chi connectivity index (χ0n) is 28.6. The number of nitrogens with zero attached hydrogens (tertiary/aromatic N) is 2. The zero-order chi connectivity index (χ0) is 34.4. The maximum Gasteiger partial charge on any atom is 0.264 e. The molecule has 1 fully saturated rings. The normalized spacial score (nSPS) is 32.0. The largest absolute Gasteiger partial charge is 0.490 e. The van der Waals surface area contributed by atoms with E-state index in [0.717, 1.165) is 42.8 Å². The van der Waals surface area contributed by atoms with Crippen LogP contribution >= 0.6 is 11.6 Å². The van der Waals surface area contributed by atoms with Crippen molar-refractivity contribution in [1.82, 2.24) is 9.62 Å². The minimum Gasteiger partial charge on any atom is -0.490 e. The molecule has 48 heavy (non-hydrogen) atoms. The molecule has 0 radical (unpaired) electrons. The summed E-state index contributed by atoms with van der Waals surface area (Å²) in [7, 11) is 1.20. The van der Waals surface area contributed by atoms with Gasteiger partial charge in [-0.15, -0.1) is 0 Å². The first kappa shape index (κ1) is 34.8. The number of methoxy groups -OCH3 is 1. The van der Waals surface area contributed by atoms with E-state index in [0.29, 0.717) is 31.9 Å². The molecule has 1 spiro atoms. The lowest BCUT2D eigenvalue weighted by Crippen LogP contribution is -2.54. The standard InChI is InChI=1S/C37H48ClN3O6S/c1-24-8-6-17-37(46-5,20-34(42)40(3)4)31-13-10-28(31)21-41-22-36(16-7-9-26-18-29(38)12-14-30(26)36)23-47-33-15-11-27(19-32(33)41)35(43)39-48(44,45)25(24)2/h6,11-12,14-15,17-19,24-25,28,31H,7-10,13,16,20-23H2,1-5H3,(H,39,43)/b17-6-/t24-,25+,28-,31+,36-,37+/m0/s1. The Labute approximate surface area is 290 Å². The van der Waals surface area contributed by atoms with E-state index in [1.165, 1.54) is 11.1 Å². The number of carbonyl (C=O) groups is 2. The summed E-state index contributed by atoms with van der Waals surface area (Å²) >= 11 is 6.44. The number of fused-ring (bicyclic) bond motifs is 4. The van der Waals surface area contributed by atoms with Gasteiger partial charge in [0.05, 0.1) is 29.6 Å². The van der Waals surface area contributed by atoms with Gasteiger partial charge in [-0.05, 0) is 105 Å². The zero-order valence-corrected chi connectivity index (χ0v) is 30.2. The molecule has 2 bridgehead atoms. The van der Waals surface area contributed by atoms with Crippen LogP contribution in [0.1, 0.15) is 73.9 Å². The van der Waals surface area contributed by atoms with Gasteiger partial charge in [0.1, 0.15) is 5.75 Å². The number of aryl methyl sites for hydroxylation is 1. The Balaban J connectivity index is 1.47. The Morgan fingerprint density at radius 3 is 2.67 bits per heavy atom. The van der Waals surface area contributed by atoms with Crippen LogP contribution in [0.15, 0.2) is 48.6 Å². The number of hydrogen-bond acceptors (Lipinski definition) is 7. The second kappa shape index (κ2) is 13.3. The Kier molecular flexibility index (Phi) is 9.65. The average Bonchev–Trinajstić information content (AvgIpc) is 3.18. The number of sulfonamides is 1. The Morgan fingerprint density at radius 1 is 1.17 bits per heavy atom. The molecule has 1 N–H and O–H groups in total. The topological polar surface area (TPSA) is 105 Å². The average molecular weight is 698 g/mol. The number of ether oxygens (including phenoxy) is 2. The van der Waals surface area contributed by atoms with Crippen molar-refractivity contribution in [2.24, 2.45) is 17.8 Å². The molecule has 0 saturated heterocycles. The summed E-state index contributed by atoms with van der Waals surface area (Å²) < 4.78 is 42.2. The molecule has 4 aliphatic rings. The number of allylic oxidation sites excluding steroid dienone is 1. The lowest BCUT2D eigenvalue weighted by Gasteiger charge is -2.50. The van der Waals surface area contributed by atoms with Crippen LogP contribution in [-0.4, -0.2) is 76.9 Å². The molecule has 2 aliphatic carbocycles. The third-order valence-electron chi connectivity index (χ3n) is 11.5. The lowest BCUT2D eigenvalue weighted by atomic mass is 9.62. The molecule has 2 aromatic carbocycles. The number of hydrogen-bond donors (Lipinski definition) is 1. The van der Waals surface area contributed by atoms with Gasteiger partial charge in [0.25, 0.3) is 5.91 Å². The molecule has 9 nitrogen and oxygen atoms in total. The summed E-state index contributed by atoms with van der Waals surface area (Å²) in [5.74, 6) is -0.0633.